The highest BCUT2D eigenvalue weighted by molar-refractivity contribution is 7.89. The maximum Gasteiger partial charge on any atom is 0.416 e. The molecular weight excluding hydrogens is 277 g/mol. The van der Waals surface area contributed by atoms with Crippen LogP contribution < -0.4 is 0 Å². The van der Waals surface area contributed by atoms with Gasteiger partial charge in [-0.25, -0.2) is 8.42 Å². The quantitative estimate of drug-likeness (QED) is 0.836. The van der Waals surface area contributed by atoms with E-state index in [9.17, 15) is 21.6 Å². The van der Waals surface area contributed by atoms with Gasteiger partial charge in [-0.15, -0.1) is 0 Å². The predicted molar refractivity (Wildman–Crippen MR) is 68.7 cm³/mol. The van der Waals surface area contributed by atoms with Gasteiger partial charge >= 0.3 is 6.18 Å². The molecule has 6 heteroatoms. The van der Waals surface area contributed by atoms with Crippen LogP contribution in [0.25, 0.3) is 0 Å². The maximum atomic E-state index is 13.0. The maximum absolute atomic E-state index is 13.0. The van der Waals surface area contributed by atoms with E-state index in [2.05, 4.69) is 0 Å². The molecule has 0 atom stereocenters. The molecule has 0 amide bonds. The van der Waals surface area contributed by atoms with Crippen molar-refractivity contribution in [1.29, 1.82) is 0 Å². The first-order valence-corrected chi connectivity index (χ1v) is 7.75. The summed E-state index contributed by atoms with van der Waals surface area (Å²) >= 11 is 0. The smallest absolute Gasteiger partial charge is 0.229 e. The number of hydrogen-bond acceptors (Lipinski definition) is 2. The number of halogens is 3. The van der Waals surface area contributed by atoms with Crippen molar-refractivity contribution in [3.63, 3.8) is 0 Å². The molecule has 0 radical (unpaired) electrons. The lowest BCUT2D eigenvalue weighted by Gasteiger charge is -2.24. The van der Waals surface area contributed by atoms with E-state index in [0.717, 1.165) is 12.3 Å². The largest absolute Gasteiger partial charge is 0.416 e. The first-order valence-electron chi connectivity index (χ1n) is 5.69. The third-order valence-corrected chi connectivity index (χ3v) is 3.48. The van der Waals surface area contributed by atoms with Gasteiger partial charge in [0.15, 0.2) is 9.84 Å². The Morgan fingerprint density at radius 3 is 1.95 bits per heavy atom. The van der Waals surface area contributed by atoms with E-state index < -0.39 is 27.0 Å². The van der Waals surface area contributed by atoms with Crippen LogP contribution in [-0.4, -0.2) is 14.7 Å². The van der Waals surface area contributed by atoms with Gasteiger partial charge in [-0.1, -0.05) is 32.9 Å². The van der Waals surface area contributed by atoms with Crippen molar-refractivity contribution >= 4 is 9.84 Å². The normalized spacial score (nSPS) is 13.6. The fraction of sp³-hybridized carbons (Fsp3) is 0.538. The Balaban J connectivity index is 3.40. The van der Waals surface area contributed by atoms with Crippen LogP contribution in [0, 0.1) is 0 Å². The van der Waals surface area contributed by atoms with Gasteiger partial charge < -0.3 is 0 Å². The summed E-state index contributed by atoms with van der Waals surface area (Å²) < 4.78 is 61.5. The van der Waals surface area contributed by atoms with E-state index in [1.807, 2.05) is 0 Å². The molecule has 1 aromatic carbocycles. The van der Waals surface area contributed by atoms with Gasteiger partial charge in [0.1, 0.15) is 0 Å². The molecule has 0 aromatic heterocycles. The minimum absolute atomic E-state index is 0.155. The van der Waals surface area contributed by atoms with Crippen LogP contribution in [0.2, 0.25) is 0 Å². The fourth-order valence-electron chi connectivity index (χ4n) is 1.87. The van der Waals surface area contributed by atoms with Gasteiger partial charge in [-0.2, -0.15) is 13.2 Å². The van der Waals surface area contributed by atoms with E-state index in [0.29, 0.717) is 0 Å². The Labute approximate surface area is 111 Å². The topological polar surface area (TPSA) is 34.1 Å². The number of alkyl halides is 3. The Bertz CT molecular complexity index is 567. The summed E-state index contributed by atoms with van der Waals surface area (Å²) in [4.78, 5) is 0. The molecule has 1 rings (SSSR count). The Morgan fingerprint density at radius 1 is 1.05 bits per heavy atom. The molecule has 0 spiro atoms. The van der Waals surface area contributed by atoms with Crippen LogP contribution in [-0.2, 0) is 27.2 Å². The first-order chi connectivity index (χ1) is 8.31. The second-order valence-corrected chi connectivity index (χ2v) is 7.84. The zero-order chi connectivity index (χ0) is 15.1. The first kappa shape index (κ1) is 16.0. The Kier molecular flexibility index (Phi) is 4.06. The standard InChI is InChI=1S/C13H17F3O2S/c1-12(2,3)10-6-5-9(8-19(4,17)18)7-11(10)13(14,15)16/h5-7H,8H2,1-4H3. The van der Waals surface area contributed by atoms with Crippen LogP contribution in [0.4, 0.5) is 13.2 Å². The van der Waals surface area contributed by atoms with Crippen LogP contribution in [0.5, 0.6) is 0 Å². The highest BCUT2D eigenvalue weighted by Crippen LogP contribution is 2.38. The Morgan fingerprint density at radius 2 is 1.58 bits per heavy atom. The summed E-state index contributed by atoms with van der Waals surface area (Å²) in [6, 6.07) is 3.74. The van der Waals surface area contributed by atoms with E-state index in [1.165, 1.54) is 12.1 Å². The molecule has 0 aliphatic heterocycles. The lowest BCUT2D eigenvalue weighted by Crippen LogP contribution is -2.20. The molecule has 0 bridgehead atoms. The van der Waals surface area contributed by atoms with Crippen molar-refractivity contribution in [3.8, 4) is 0 Å². The van der Waals surface area contributed by atoms with E-state index in [-0.39, 0.29) is 16.9 Å². The summed E-state index contributed by atoms with van der Waals surface area (Å²) in [6.07, 6.45) is -3.49. The van der Waals surface area contributed by atoms with Crippen molar-refractivity contribution in [2.45, 2.75) is 38.1 Å². The lowest BCUT2D eigenvalue weighted by molar-refractivity contribution is -0.138. The van der Waals surface area contributed by atoms with Crippen molar-refractivity contribution in [3.05, 3.63) is 34.9 Å². The van der Waals surface area contributed by atoms with Gasteiger partial charge in [-0.3, -0.25) is 0 Å². The highest BCUT2D eigenvalue weighted by atomic mass is 32.2. The minimum atomic E-state index is -4.49. The molecule has 1 aromatic rings. The minimum Gasteiger partial charge on any atom is -0.229 e. The summed E-state index contributed by atoms with van der Waals surface area (Å²) in [6.45, 7) is 5.06. The van der Waals surface area contributed by atoms with Crippen molar-refractivity contribution in [1.82, 2.24) is 0 Å². The molecule has 0 N–H and O–H groups in total. The zero-order valence-electron chi connectivity index (χ0n) is 11.3. The van der Waals surface area contributed by atoms with Gasteiger partial charge in [0, 0.05) is 6.26 Å². The fourth-order valence-corrected chi connectivity index (χ4v) is 2.66. The van der Waals surface area contributed by atoms with E-state index in [4.69, 9.17) is 0 Å². The molecule has 0 saturated carbocycles. The molecule has 0 heterocycles. The number of benzene rings is 1. The van der Waals surface area contributed by atoms with Crippen molar-refractivity contribution in [2.24, 2.45) is 0 Å². The zero-order valence-corrected chi connectivity index (χ0v) is 12.1. The average Bonchev–Trinajstić information content (AvgIpc) is 2.11. The predicted octanol–water partition coefficient (Wildman–Crippen LogP) is 3.55. The molecule has 0 aliphatic rings. The average molecular weight is 294 g/mol. The van der Waals surface area contributed by atoms with Crippen LogP contribution in [0.3, 0.4) is 0 Å². The summed E-state index contributed by atoms with van der Waals surface area (Å²) in [7, 11) is -3.36. The third-order valence-electron chi connectivity index (χ3n) is 2.63. The van der Waals surface area contributed by atoms with Crippen LogP contribution in [0.15, 0.2) is 18.2 Å². The van der Waals surface area contributed by atoms with Crippen LogP contribution >= 0.6 is 0 Å². The van der Waals surface area contributed by atoms with Gasteiger partial charge in [0.2, 0.25) is 0 Å². The summed E-state index contributed by atoms with van der Waals surface area (Å²) in [5, 5.41) is 0. The summed E-state index contributed by atoms with van der Waals surface area (Å²) in [5.74, 6) is -0.388. The van der Waals surface area contributed by atoms with Gasteiger partial charge in [0.05, 0.1) is 11.3 Å². The summed E-state index contributed by atoms with van der Waals surface area (Å²) in [5.41, 5.74) is -1.10. The number of hydrogen-bond donors (Lipinski definition) is 0. The highest BCUT2D eigenvalue weighted by Gasteiger charge is 2.36. The van der Waals surface area contributed by atoms with Crippen molar-refractivity contribution < 1.29 is 21.6 Å². The number of sulfone groups is 1. The molecule has 2 nitrogen and oxygen atoms in total. The van der Waals surface area contributed by atoms with Crippen molar-refractivity contribution in [2.75, 3.05) is 6.26 Å². The molecular formula is C13H17F3O2S. The van der Waals surface area contributed by atoms with Gasteiger partial charge in [0.25, 0.3) is 0 Å². The molecule has 0 aliphatic carbocycles. The SMILES string of the molecule is CC(C)(C)c1ccc(CS(C)(=O)=O)cc1C(F)(F)F. The van der Waals surface area contributed by atoms with Crippen LogP contribution in [0.1, 0.15) is 37.5 Å². The van der Waals surface area contributed by atoms with Gasteiger partial charge in [-0.05, 0) is 22.6 Å². The lowest BCUT2D eigenvalue weighted by atomic mass is 9.83. The Hall–Kier alpha value is -1.04. The molecule has 0 saturated heterocycles. The second-order valence-electron chi connectivity index (χ2n) is 5.70. The number of rotatable bonds is 2. The molecule has 108 valence electrons. The van der Waals surface area contributed by atoms with E-state index in [1.54, 1.807) is 20.8 Å². The second kappa shape index (κ2) is 4.81. The molecule has 0 fully saturated rings. The third kappa shape index (κ3) is 4.53. The van der Waals surface area contributed by atoms with E-state index >= 15 is 0 Å². The monoisotopic (exact) mass is 294 g/mol. The molecule has 19 heavy (non-hydrogen) atoms. The molecule has 0 unspecified atom stereocenters.